The van der Waals surface area contributed by atoms with Crippen LogP contribution < -0.4 is 10.2 Å². The second-order valence-corrected chi connectivity index (χ2v) is 8.40. The molecule has 0 unspecified atom stereocenters. The molecule has 0 rings (SSSR count). The maximum absolute atomic E-state index is 10.3. The quantitative estimate of drug-likeness (QED) is 0.181. The molecule has 0 atom stereocenters. The van der Waals surface area contributed by atoms with Gasteiger partial charge < -0.3 is 24.9 Å². The molecule has 0 fully saturated rings. The van der Waals surface area contributed by atoms with Crippen LogP contribution in [0, 0.1) is 0 Å². The molecule has 7 heteroatoms. The molecule has 32 heavy (non-hydrogen) atoms. The Morgan fingerprint density at radius 2 is 0.750 bits per heavy atom. The van der Waals surface area contributed by atoms with E-state index in [0.717, 1.165) is 12.8 Å². The van der Waals surface area contributed by atoms with Crippen molar-refractivity contribution in [3.05, 3.63) is 0 Å². The van der Waals surface area contributed by atoms with Gasteiger partial charge >= 0.3 is 43.7 Å². The zero-order chi connectivity index (χ0) is 23.6. The first-order chi connectivity index (χ1) is 14.9. The molecule has 0 radical (unpaired) electrons. The van der Waals surface area contributed by atoms with Crippen molar-refractivity contribution in [3.63, 3.8) is 0 Å². The smallest absolute Gasteiger partial charge is 0.550 e. The van der Waals surface area contributed by atoms with Crippen LogP contribution in [0.25, 0.3) is 0 Å². The third-order valence-corrected chi connectivity index (χ3v) is 5.26. The Labute approximate surface area is 225 Å². The predicted octanol–water partition coefficient (Wildman–Crippen LogP) is 4.39. The number of unbranched alkanes of at least 4 members (excludes halogenated alkanes) is 16. The first-order valence-corrected chi connectivity index (χ1v) is 12.5. The standard InChI is InChI=1S/C18H36O2.C7H12O4.Ca/c1-2-3-4-5-6-7-8-9-10-11-12-13-14-15-16-17-18(19)20;8-6(9)4-2-1-3-5-7(10)11;/h2-17H2,1H3,(H,19,20);1-5H2,(H,8,9)(H,10,11);/q;;+2/p-2. The van der Waals surface area contributed by atoms with E-state index in [4.69, 9.17) is 5.11 Å². The van der Waals surface area contributed by atoms with Crippen molar-refractivity contribution < 1.29 is 29.7 Å². The maximum atomic E-state index is 10.3. The Balaban J connectivity index is -0.000000597. The van der Waals surface area contributed by atoms with Crippen molar-refractivity contribution in [2.75, 3.05) is 0 Å². The minimum absolute atomic E-state index is 0. The molecule has 184 valence electrons. The Hall–Kier alpha value is -0.330. The summed E-state index contributed by atoms with van der Waals surface area (Å²) in [7, 11) is 0. The van der Waals surface area contributed by atoms with E-state index in [0.29, 0.717) is 25.7 Å². The number of carboxylic acid groups (broad SMARTS) is 3. The van der Waals surface area contributed by atoms with E-state index in [-0.39, 0.29) is 50.6 Å². The SMILES string of the molecule is CCCCCCCCCCCCCCCCCC(=O)O.O=C([O-])CCCCCC(=O)[O-].[Ca+2]. The molecular formula is C25H46CaO6. The monoisotopic (exact) mass is 482 g/mol. The van der Waals surface area contributed by atoms with Crippen molar-refractivity contribution in [3.8, 4) is 0 Å². The van der Waals surface area contributed by atoms with E-state index in [1.54, 1.807) is 0 Å². The number of hydrogen-bond donors (Lipinski definition) is 1. The van der Waals surface area contributed by atoms with Gasteiger partial charge in [0.25, 0.3) is 0 Å². The summed E-state index contributed by atoms with van der Waals surface area (Å²) in [5.41, 5.74) is 0. The van der Waals surface area contributed by atoms with Gasteiger partial charge in [-0.25, -0.2) is 0 Å². The molecule has 6 nitrogen and oxygen atoms in total. The number of aliphatic carboxylic acids is 3. The first-order valence-electron chi connectivity index (χ1n) is 12.5. The van der Waals surface area contributed by atoms with Crippen molar-refractivity contribution in [1.82, 2.24) is 0 Å². The van der Waals surface area contributed by atoms with Crippen LogP contribution in [-0.2, 0) is 14.4 Å². The van der Waals surface area contributed by atoms with E-state index in [2.05, 4.69) is 6.92 Å². The number of carbonyl (C=O) groups is 3. The van der Waals surface area contributed by atoms with Gasteiger partial charge in [0.1, 0.15) is 0 Å². The van der Waals surface area contributed by atoms with Crippen LogP contribution >= 0.6 is 0 Å². The van der Waals surface area contributed by atoms with Crippen LogP contribution in [0.5, 0.6) is 0 Å². The molecule has 0 aliphatic heterocycles. The summed E-state index contributed by atoms with van der Waals surface area (Å²) >= 11 is 0. The van der Waals surface area contributed by atoms with E-state index in [1.165, 1.54) is 83.5 Å². The van der Waals surface area contributed by atoms with Crippen LogP contribution in [0.15, 0.2) is 0 Å². The van der Waals surface area contributed by atoms with Gasteiger partial charge in [-0.3, -0.25) is 4.79 Å². The molecule has 0 aromatic rings. The summed E-state index contributed by atoms with van der Waals surface area (Å²) in [6.45, 7) is 2.27. The summed E-state index contributed by atoms with van der Waals surface area (Å²) in [6.07, 6.45) is 21.8. The topological polar surface area (TPSA) is 118 Å². The largest absolute Gasteiger partial charge is 2.00 e. The molecule has 1 N–H and O–H groups in total. The van der Waals surface area contributed by atoms with Gasteiger partial charge in [0.05, 0.1) is 0 Å². The average molecular weight is 483 g/mol. The average Bonchev–Trinajstić information content (AvgIpc) is 2.70. The Bertz CT molecular complexity index is 413. The second kappa shape index (κ2) is 30.7. The van der Waals surface area contributed by atoms with Gasteiger partial charge in [0.2, 0.25) is 0 Å². The fourth-order valence-corrected chi connectivity index (χ4v) is 3.36. The van der Waals surface area contributed by atoms with Crippen LogP contribution in [0.3, 0.4) is 0 Å². The number of carbonyl (C=O) groups excluding carboxylic acids is 2. The van der Waals surface area contributed by atoms with Gasteiger partial charge in [-0.2, -0.15) is 0 Å². The first kappa shape index (κ1) is 36.2. The summed E-state index contributed by atoms with van der Waals surface area (Å²) in [6, 6.07) is 0. The molecule has 0 saturated heterocycles. The molecule has 0 heterocycles. The van der Waals surface area contributed by atoms with E-state index in [1.807, 2.05) is 0 Å². The van der Waals surface area contributed by atoms with Gasteiger partial charge in [-0.1, -0.05) is 103 Å². The Kier molecular flexibility index (Phi) is 34.7. The van der Waals surface area contributed by atoms with Crippen molar-refractivity contribution in [2.45, 2.75) is 142 Å². The van der Waals surface area contributed by atoms with E-state index in [9.17, 15) is 24.6 Å². The zero-order valence-electron chi connectivity index (χ0n) is 20.5. The second-order valence-electron chi connectivity index (χ2n) is 8.40. The fourth-order valence-electron chi connectivity index (χ4n) is 3.36. The predicted molar refractivity (Wildman–Crippen MR) is 126 cm³/mol. The molecule has 0 aliphatic carbocycles. The molecule has 0 saturated carbocycles. The van der Waals surface area contributed by atoms with Gasteiger partial charge in [0, 0.05) is 18.4 Å². The van der Waals surface area contributed by atoms with E-state index >= 15 is 0 Å². The molecule has 0 aromatic heterocycles. The minimum atomic E-state index is -1.08. The third kappa shape index (κ3) is 40.1. The Morgan fingerprint density at radius 3 is 1.03 bits per heavy atom. The van der Waals surface area contributed by atoms with Gasteiger partial charge in [-0.15, -0.1) is 0 Å². The van der Waals surface area contributed by atoms with Crippen molar-refractivity contribution in [1.29, 1.82) is 0 Å². The van der Waals surface area contributed by atoms with Gasteiger partial charge in [0.15, 0.2) is 0 Å². The van der Waals surface area contributed by atoms with Gasteiger partial charge in [-0.05, 0) is 32.1 Å². The summed E-state index contributed by atoms with van der Waals surface area (Å²) in [5, 5.41) is 28.2. The normalized spacial score (nSPS) is 10.0. The summed E-state index contributed by atoms with van der Waals surface area (Å²) in [5.74, 6) is -2.82. The molecule has 0 aliphatic rings. The third-order valence-electron chi connectivity index (χ3n) is 5.26. The fraction of sp³-hybridized carbons (Fsp3) is 0.880. The Morgan fingerprint density at radius 1 is 0.500 bits per heavy atom. The summed E-state index contributed by atoms with van der Waals surface area (Å²) in [4.78, 5) is 30.0. The van der Waals surface area contributed by atoms with Crippen LogP contribution in [-0.4, -0.2) is 60.8 Å². The van der Waals surface area contributed by atoms with Crippen molar-refractivity contribution in [2.24, 2.45) is 0 Å². The molecule has 0 aromatic carbocycles. The number of rotatable bonds is 22. The number of hydrogen-bond acceptors (Lipinski definition) is 5. The molecular weight excluding hydrogens is 436 g/mol. The van der Waals surface area contributed by atoms with Crippen LogP contribution in [0.4, 0.5) is 0 Å². The molecule has 0 amide bonds. The van der Waals surface area contributed by atoms with E-state index < -0.39 is 17.9 Å². The minimum Gasteiger partial charge on any atom is -0.550 e. The number of carboxylic acids is 3. The zero-order valence-corrected chi connectivity index (χ0v) is 22.8. The van der Waals surface area contributed by atoms with Crippen molar-refractivity contribution >= 4 is 55.6 Å². The molecule has 0 bridgehead atoms. The maximum Gasteiger partial charge on any atom is 2.00 e. The summed E-state index contributed by atoms with van der Waals surface area (Å²) < 4.78 is 0. The van der Waals surface area contributed by atoms with Crippen LogP contribution in [0.1, 0.15) is 142 Å². The molecule has 0 spiro atoms. The van der Waals surface area contributed by atoms with Crippen LogP contribution in [0.2, 0.25) is 0 Å².